The highest BCUT2D eigenvalue weighted by Crippen LogP contribution is 2.33. The number of nitriles is 1. The zero-order valence-electron chi connectivity index (χ0n) is 11.1. The number of carbonyl (C=O) groups excluding carboxylic acids is 1. The molecule has 0 aromatic heterocycles. The molecule has 0 bridgehead atoms. The van der Waals surface area contributed by atoms with E-state index in [1.165, 1.54) is 0 Å². The van der Waals surface area contributed by atoms with Gasteiger partial charge in [-0.3, -0.25) is 4.79 Å². The molecule has 1 amide bonds. The third-order valence-electron chi connectivity index (χ3n) is 3.71. The first-order chi connectivity index (χ1) is 8.02. The monoisotopic (exact) mass is 238 g/mol. The maximum Gasteiger partial charge on any atom is 0.228 e. The van der Waals surface area contributed by atoms with Crippen LogP contribution in [0.1, 0.15) is 34.1 Å². The summed E-state index contributed by atoms with van der Waals surface area (Å²) in [6, 6.07) is 2.08. The zero-order chi connectivity index (χ0) is 13.0. The van der Waals surface area contributed by atoms with Gasteiger partial charge in [-0.2, -0.15) is 5.26 Å². The smallest absolute Gasteiger partial charge is 0.228 e. The molecular formula is C13H22N2O2. The van der Waals surface area contributed by atoms with Crippen molar-refractivity contribution in [1.82, 2.24) is 4.90 Å². The summed E-state index contributed by atoms with van der Waals surface area (Å²) in [5, 5.41) is 8.59. The minimum atomic E-state index is -0.0661. The molecule has 17 heavy (non-hydrogen) atoms. The van der Waals surface area contributed by atoms with Crippen LogP contribution < -0.4 is 0 Å². The van der Waals surface area contributed by atoms with Crippen LogP contribution in [0.3, 0.4) is 0 Å². The molecule has 1 fully saturated rings. The van der Waals surface area contributed by atoms with Gasteiger partial charge in [-0.05, 0) is 26.7 Å². The molecule has 0 aromatic rings. The van der Waals surface area contributed by atoms with Crippen LogP contribution in [-0.2, 0) is 9.53 Å². The van der Waals surface area contributed by atoms with Crippen LogP contribution in [0.2, 0.25) is 0 Å². The molecule has 1 heterocycles. The summed E-state index contributed by atoms with van der Waals surface area (Å²) in [7, 11) is 0. The molecule has 0 aromatic carbocycles. The Hall–Kier alpha value is -1.08. The third-order valence-corrected chi connectivity index (χ3v) is 3.71. The second kappa shape index (κ2) is 6.02. The van der Waals surface area contributed by atoms with Gasteiger partial charge in [-0.25, -0.2) is 0 Å². The Labute approximate surface area is 104 Å². The van der Waals surface area contributed by atoms with Gasteiger partial charge in [-0.15, -0.1) is 0 Å². The van der Waals surface area contributed by atoms with Crippen LogP contribution in [0.15, 0.2) is 0 Å². The maximum absolute atomic E-state index is 12.4. The van der Waals surface area contributed by atoms with Crippen LogP contribution in [0, 0.1) is 23.2 Å². The summed E-state index contributed by atoms with van der Waals surface area (Å²) in [4.78, 5) is 14.2. The molecule has 4 atom stereocenters. The Morgan fingerprint density at radius 1 is 1.35 bits per heavy atom. The van der Waals surface area contributed by atoms with Crippen molar-refractivity contribution in [2.24, 2.45) is 11.8 Å². The predicted molar refractivity (Wildman–Crippen MR) is 65.1 cm³/mol. The predicted octanol–water partition coefficient (Wildman–Crippen LogP) is 1.81. The molecule has 0 spiro atoms. The summed E-state index contributed by atoms with van der Waals surface area (Å²) < 4.78 is 5.69. The van der Waals surface area contributed by atoms with Crippen molar-refractivity contribution in [1.29, 1.82) is 5.26 Å². The summed E-state index contributed by atoms with van der Waals surface area (Å²) in [6.45, 7) is 9.17. The fourth-order valence-corrected chi connectivity index (χ4v) is 2.51. The Kier molecular flexibility index (Phi) is 4.95. The normalized spacial score (nSPS) is 32.2. The van der Waals surface area contributed by atoms with Gasteiger partial charge >= 0.3 is 0 Å². The summed E-state index contributed by atoms with van der Waals surface area (Å²) in [5.74, 6) is 0.310. The van der Waals surface area contributed by atoms with E-state index in [1.807, 2.05) is 20.8 Å². The van der Waals surface area contributed by atoms with Gasteiger partial charge in [0.15, 0.2) is 0 Å². The number of nitrogens with zero attached hydrogens (tertiary/aromatic N) is 2. The number of hydrogen-bond donors (Lipinski definition) is 0. The Morgan fingerprint density at radius 2 is 2.00 bits per heavy atom. The molecule has 4 unspecified atom stereocenters. The molecule has 96 valence electrons. The number of carbonyl (C=O) groups is 1. The lowest BCUT2D eigenvalue weighted by molar-refractivity contribution is -0.137. The Bertz CT molecular complexity index is 311. The van der Waals surface area contributed by atoms with E-state index in [0.29, 0.717) is 19.5 Å². The number of hydrogen-bond acceptors (Lipinski definition) is 3. The lowest BCUT2D eigenvalue weighted by atomic mass is 9.88. The highest BCUT2D eigenvalue weighted by molar-refractivity contribution is 5.80. The van der Waals surface area contributed by atoms with Gasteiger partial charge in [0.05, 0.1) is 30.6 Å². The molecule has 4 heteroatoms. The average molecular weight is 238 g/mol. The largest absolute Gasteiger partial charge is 0.374 e. The molecule has 0 radical (unpaired) electrons. The lowest BCUT2D eigenvalue weighted by Gasteiger charge is -2.26. The van der Waals surface area contributed by atoms with E-state index in [1.54, 1.807) is 4.90 Å². The van der Waals surface area contributed by atoms with Gasteiger partial charge in [0, 0.05) is 13.1 Å². The van der Waals surface area contributed by atoms with Gasteiger partial charge in [-0.1, -0.05) is 6.92 Å². The summed E-state index contributed by atoms with van der Waals surface area (Å²) in [5.41, 5.74) is 0. The lowest BCUT2D eigenvalue weighted by Crippen LogP contribution is -2.41. The Morgan fingerprint density at radius 3 is 2.41 bits per heavy atom. The first kappa shape index (κ1) is 14.0. The van der Waals surface area contributed by atoms with Gasteiger partial charge in [0.2, 0.25) is 5.91 Å². The summed E-state index contributed by atoms with van der Waals surface area (Å²) >= 11 is 0. The van der Waals surface area contributed by atoms with Gasteiger partial charge in [0.1, 0.15) is 0 Å². The summed E-state index contributed by atoms with van der Waals surface area (Å²) in [6.07, 6.45) is 0.503. The quantitative estimate of drug-likeness (QED) is 0.750. The number of ether oxygens (including phenoxy) is 1. The SMILES string of the molecule is CCN(CCC#N)C(=O)C1C(C)OC(C)C1C. The van der Waals surface area contributed by atoms with Crippen molar-refractivity contribution in [3.05, 3.63) is 0 Å². The molecule has 4 nitrogen and oxygen atoms in total. The first-order valence-corrected chi connectivity index (χ1v) is 6.34. The van der Waals surface area contributed by atoms with E-state index in [2.05, 4.69) is 13.0 Å². The van der Waals surface area contributed by atoms with E-state index in [4.69, 9.17) is 10.00 Å². The zero-order valence-corrected chi connectivity index (χ0v) is 11.1. The molecule has 1 aliphatic heterocycles. The van der Waals surface area contributed by atoms with Crippen LogP contribution >= 0.6 is 0 Å². The van der Waals surface area contributed by atoms with Gasteiger partial charge in [0.25, 0.3) is 0 Å². The van der Waals surface area contributed by atoms with E-state index >= 15 is 0 Å². The van der Waals surface area contributed by atoms with E-state index < -0.39 is 0 Å². The van der Waals surface area contributed by atoms with E-state index in [-0.39, 0.29) is 30.0 Å². The highest BCUT2D eigenvalue weighted by atomic mass is 16.5. The molecule has 1 rings (SSSR count). The minimum absolute atomic E-state index is 0.0244. The van der Waals surface area contributed by atoms with Crippen molar-refractivity contribution in [2.75, 3.05) is 13.1 Å². The molecule has 1 aliphatic rings. The Balaban J connectivity index is 2.70. The minimum Gasteiger partial charge on any atom is -0.374 e. The van der Waals surface area contributed by atoms with Crippen molar-refractivity contribution >= 4 is 5.91 Å². The fraction of sp³-hybridized carbons (Fsp3) is 0.846. The maximum atomic E-state index is 12.4. The molecule has 0 N–H and O–H groups in total. The second-order valence-corrected chi connectivity index (χ2v) is 4.76. The van der Waals surface area contributed by atoms with Gasteiger partial charge < -0.3 is 9.64 Å². The highest BCUT2D eigenvalue weighted by Gasteiger charge is 2.42. The molecule has 1 saturated heterocycles. The topological polar surface area (TPSA) is 53.3 Å². The average Bonchev–Trinajstić information content (AvgIpc) is 2.54. The first-order valence-electron chi connectivity index (χ1n) is 6.34. The number of amides is 1. The second-order valence-electron chi connectivity index (χ2n) is 4.76. The van der Waals surface area contributed by atoms with E-state index in [9.17, 15) is 4.79 Å². The van der Waals surface area contributed by atoms with Crippen LogP contribution in [0.4, 0.5) is 0 Å². The van der Waals surface area contributed by atoms with Crippen molar-refractivity contribution in [3.63, 3.8) is 0 Å². The third kappa shape index (κ3) is 2.98. The number of rotatable bonds is 4. The van der Waals surface area contributed by atoms with Crippen LogP contribution in [0.5, 0.6) is 0 Å². The standard InChI is InChI=1S/C13H22N2O2/c1-5-15(8-6-7-14)13(16)12-9(2)10(3)17-11(12)4/h9-12H,5-6,8H2,1-4H3. The van der Waals surface area contributed by atoms with Crippen molar-refractivity contribution < 1.29 is 9.53 Å². The molecular weight excluding hydrogens is 216 g/mol. The van der Waals surface area contributed by atoms with Crippen molar-refractivity contribution in [3.8, 4) is 6.07 Å². The van der Waals surface area contributed by atoms with Crippen LogP contribution in [-0.4, -0.2) is 36.1 Å². The van der Waals surface area contributed by atoms with Crippen molar-refractivity contribution in [2.45, 2.75) is 46.3 Å². The molecule has 0 saturated carbocycles. The fourth-order valence-electron chi connectivity index (χ4n) is 2.51. The molecule has 0 aliphatic carbocycles. The van der Waals surface area contributed by atoms with E-state index in [0.717, 1.165) is 0 Å². The van der Waals surface area contributed by atoms with Crippen LogP contribution in [0.25, 0.3) is 0 Å².